The molecule has 1 heterocycles. The Labute approximate surface area is 92.3 Å². The first-order valence-electron chi connectivity index (χ1n) is 5.41. The number of carbonyl (C=O) groups excluding carboxylic acids is 1. The lowest BCUT2D eigenvalue weighted by Gasteiger charge is -2.13. The van der Waals surface area contributed by atoms with Crippen LogP contribution in [0.25, 0.3) is 0 Å². The van der Waals surface area contributed by atoms with Gasteiger partial charge in [-0.15, -0.1) is 0 Å². The van der Waals surface area contributed by atoms with Crippen molar-refractivity contribution in [1.29, 1.82) is 0 Å². The highest BCUT2D eigenvalue weighted by atomic mass is 19.4. The number of hydrogen-bond acceptors (Lipinski definition) is 2. The van der Waals surface area contributed by atoms with Gasteiger partial charge < -0.3 is 10.1 Å². The molecule has 0 aliphatic carbocycles. The number of alkyl halides is 3. The van der Waals surface area contributed by atoms with Gasteiger partial charge in [-0.05, 0) is 19.3 Å². The zero-order valence-electron chi connectivity index (χ0n) is 8.98. The maximum atomic E-state index is 11.8. The quantitative estimate of drug-likeness (QED) is 0.760. The molecular weight excluding hydrogens is 223 g/mol. The zero-order valence-corrected chi connectivity index (χ0v) is 8.98. The molecule has 0 aromatic heterocycles. The van der Waals surface area contributed by atoms with E-state index in [1.165, 1.54) is 0 Å². The predicted octanol–water partition coefficient (Wildman–Crippen LogP) is 1.87. The van der Waals surface area contributed by atoms with E-state index < -0.39 is 12.8 Å². The number of amides is 1. The van der Waals surface area contributed by atoms with Gasteiger partial charge in [0.2, 0.25) is 5.91 Å². The van der Waals surface area contributed by atoms with E-state index in [9.17, 15) is 18.0 Å². The maximum absolute atomic E-state index is 11.8. The van der Waals surface area contributed by atoms with Crippen LogP contribution >= 0.6 is 0 Å². The monoisotopic (exact) mass is 239 g/mol. The third-order valence-electron chi connectivity index (χ3n) is 2.53. The molecule has 1 rings (SSSR count). The summed E-state index contributed by atoms with van der Waals surface area (Å²) in [6, 6.07) is 0. The second kappa shape index (κ2) is 6.08. The van der Waals surface area contributed by atoms with E-state index in [1.54, 1.807) is 0 Å². The van der Waals surface area contributed by atoms with Crippen LogP contribution in [0.4, 0.5) is 13.2 Å². The summed E-state index contributed by atoms with van der Waals surface area (Å²) in [5, 5.41) is 2.74. The Bertz CT molecular complexity index is 231. The molecule has 0 spiro atoms. The Morgan fingerprint density at radius 2 is 2.12 bits per heavy atom. The Hall–Kier alpha value is -0.780. The molecule has 1 N–H and O–H groups in total. The molecule has 1 aliphatic heterocycles. The van der Waals surface area contributed by atoms with Gasteiger partial charge in [0, 0.05) is 19.1 Å². The van der Waals surface area contributed by atoms with E-state index in [-0.39, 0.29) is 18.4 Å². The first-order chi connectivity index (χ1) is 7.49. The molecule has 0 saturated carbocycles. The lowest BCUT2D eigenvalue weighted by atomic mass is 9.99. The minimum absolute atomic E-state index is 0.0163. The van der Waals surface area contributed by atoms with E-state index in [1.807, 2.05) is 0 Å². The Kier molecular flexibility index (Phi) is 5.05. The van der Waals surface area contributed by atoms with Crippen LogP contribution in [-0.2, 0) is 9.53 Å². The molecule has 1 fully saturated rings. The number of halogens is 3. The topological polar surface area (TPSA) is 38.3 Å². The van der Waals surface area contributed by atoms with Crippen molar-refractivity contribution in [2.75, 3.05) is 19.8 Å². The highest BCUT2D eigenvalue weighted by molar-refractivity contribution is 5.78. The summed E-state index contributed by atoms with van der Waals surface area (Å²) in [5.74, 6) is -0.260. The summed E-state index contributed by atoms with van der Waals surface area (Å²) in [4.78, 5) is 11.4. The van der Waals surface area contributed by atoms with Crippen molar-refractivity contribution < 1.29 is 22.7 Å². The molecule has 16 heavy (non-hydrogen) atoms. The summed E-state index contributed by atoms with van der Waals surface area (Å²) in [5.41, 5.74) is 0. The molecule has 0 aromatic carbocycles. The second-order valence-corrected chi connectivity index (χ2v) is 3.94. The van der Waals surface area contributed by atoms with Crippen molar-refractivity contribution >= 4 is 5.91 Å². The first kappa shape index (κ1) is 13.3. The molecule has 1 unspecified atom stereocenters. The molecule has 0 bridgehead atoms. The lowest BCUT2D eigenvalue weighted by molar-refractivity contribution is -0.174. The van der Waals surface area contributed by atoms with Crippen molar-refractivity contribution in [3.8, 4) is 0 Å². The van der Waals surface area contributed by atoms with Crippen LogP contribution in [0.5, 0.6) is 0 Å². The maximum Gasteiger partial charge on any atom is 0.411 e. The fourth-order valence-corrected chi connectivity index (χ4v) is 1.69. The molecule has 1 atom stereocenters. The molecule has 1 aliphatic rings. The normalized spacial score (nSPS) is 22.7. The molecule has 94 valence electrons. The SMILES string of the molecule is O=C1NCCCCC1CCOCC(F)(F)F. The van der Waals surface area contributed by atoms with Crippen LogP contribution in [-0.4, -0.2) is 31.8 Å². The Morgan fingerprint density at radius 1 is 1.38 bits per heavy atom. The fraction of sp³-hybridized carbons (Fsp3) is 0.900. The van der Waals surface area contributed by atoms with Crippen molar-refractivity contribution in [3.05, 3.63) is 0 Å². The minimum Gasteiger partial charge on any atom is -0.372 e. The number of rotatable bonds is 4. The Morgan fingerprint density at radius 3 is 2.81 bits per heavy atom. The van der Waals surface area contributed by atoms with Crippen molar-refractivity contribution in [3.63, 3.8) is 0 Å². The van der Waals surface area contributed by atoms with Crippen LogP contribution < -0.4 is 5.32 Å². The van der Waals surface area contributed by atoms with Crippen LogP contribution in [0.2, 0.25) is 0 Å². The molecule has 3 nitrogen and oxygen atoms in total. The number of hydrogen-bond donors (Lipinski definition) is 1. The predicted molar refractivity (Wildman–Crippen MR) is 51.8 cm³/mol. The Balaban J connectivity index is 2.18. The van der Waals surface area contributed by atoms with Gasteiger partial charge in [-0.3, -0.25) is 4.79 Å². The molecule has 0 aromatic rings. The van der Waals surface area contributed by atoms with Gasteiger partial charge in [0.25, 0.3) is 0 Å². The van der Waals surface area contributed by atoms with E-state index in [4.69, 9.17) is 0 Å². The van der Waals surface area contributed by atoms with Crippen LogP contribution in [0, 0.1) is 5.92 Å². The summed E-state index contributed by atoms with van der Waals surface area (Å²) >= 11 is 0. The molecule has 6 heteroatoms. The zero-order chi connectivity index (χ0) is 12.0. The molecular formula is C10H16F3NO2. The molecule has 0 radical (unpaired) electrons. The lowest BCUT2D eigenvalue weighted by Crippen LogP contribution is -2.30. The van der Waals surface area contributed by atoms with Crippen LogP contribution in [0.3, 0.4) is 0 Å². The van der Waals surface area contributed by atoms with Gasteiger partial charge in [0.1, 0.15) is 6.61 Å². The van der Waals surface area contributed by atoms with Gasteiger partial charge in [-0.1, -0.05) is 6.42 Å². The smallest absolute Gasteiger partial charge is 0.372 e. The summed E-state index contributed by atoms with van der Waals surface area (Å²) in [6.45, 7) is -0.586. The molecule has 1 amide bonds. The van der Waals surface area contributed by atoms with Gasteiger partial charge in [-0.25, -0.2) is 0 Å². The summed E-state index contributed by atoms with van der Waals surface area (Å²) < 4.78 is 39.8. The van der Waals surface area contributed by atoms with E-state index in [2.05, 4.69) is 10.1 Å². The van der Waals surface area contributed by atoms with Gasteiger partial charge >= 0.3 is 6.18 Å². The van der Waals surface area contributed by atoms with Crippen LogP contribution in [0.1, 0.15) is 25.7 Å². The summed E-state index contributed by atoms with van der Waals surface area (Å²) in [6.07, 6.45) is -1.32. The van der Waals surface area contributed by atoms with Gasteiger partial charge in [-0.2, -0.15) is 13.2 Å². The van der Waals surface area contributed by atoms with Crippen molar-refractivity contribution in [2.45, 2.75) is 31.9 Å². The number of ether oxygens (including phenoxy) is 1. The van der Waals surface area contributed by atoms with Gasteiger partial charge in [0.05, 0.1) is 0 Å². The average Bonchev–Trinajstić information content (AvgIpc) is 2.37. The minimum atomic E-state index is -4.29. The largest absolute Gasteiger partial charge is 0.411 e. The summed E-state index contributed by atoms with van der Waals surface area (Å²) in [7, 11) is 0. The second-order valence-electron chi connectivity index (χ2n) is 3.94. The molecule has 1 saturated heterocycles. The highest BCUT2D eigenvalue weighted by Gasteiger charge is 2.28. The first-order valence-corrected chi connectivity index (χ1v) is 5.41. The van der Waals surface area contributed by atoms with Gasteiger partial charge in [0.15, 0.2) is 0 Å². The van der Waals surface area contributed by atoms with Crippen molar-refractivity contribution in [2.24, 2.45) is 5.92 Å². The average molecular weight is 239 g/mol. The van der Waals surface area contributed by atoms with Crippen molar-refractivity contribution in [1.82, 2.24) is 5.32 Å². The highest BCUT2D eigenvalue weighted by Crippen LogP contribution is 2.18. The van der Waals surface area contributed by atoms with E-state index >= 15 is 0 Å². The van der Waals surface area contributed by atoms with E-state index in [0.717, 1.165) is 19.3 Å². The number of nitrogens with one attached hydrogen (secondary N) is 1. The third-order valence-corrected chi connectivity index (χ3v) is 2.53. The van der Waals surface area contributed by atoms with E-state index in [0.29, 0.717) is 13.0 Å². The number of carbonyl (C=O) groups is 1. The third kappa shape index (κ3) is 5.34. The standard InChI is InChI=1S/C10H16F3NO2/c11-10(12,13)7-16-6-4-8-3-1-2-5-14-9(8)15/h8H,1-7H2,(H,14,15). The van der Waals surface area contributed by atoms with Crippen LogP contribution in [0.15, 0.2) is 0 Å². The fourth-order valence-electron chi connectivity index (χ4n) is 1.69.